The Hall–Kier alpha value is -2.88. The van der Waals surface area contributed by atoms with Gasteiger partial charge >= 0.3 is 0 Å². The molecule has 0 saturated carbocycles. The number of carbonyl (C=O) groups excluding carboxylic acids is 1. The summed E-state index contributed by atoms with van der Waals surface area (Å²) in [7, 11) is -4.11. The minimum atomic E-state index is -4.11. The van der Waals surface area contributed by atoms with Crippen molar-refractivity contribution in [2.24, 2.45) is 0 Å². The lowest BCUT2D eigenvalue weighted by Crippen LogP contribution is -2.17. The summed E-state index contributed by atoms with van der Waals surface area (Å²) >= 11 is 12.0. The second kappa shape index (κ2) is 8.86. The van der Waals surface area contributed by atoms with Crippen LogP contribution in [-0.4, -0.2) is 30.8 Å². The number of nitrogens with zero attached hydrogens (tertiary/aromatic N) is 2. The van der Waals surface area contributed by atoms with Crippen molar-refractivity contribution >= 4 is 50.5 Å². The lowest BCUT2D eigenvalue weighted by atomic mass is 10.1. The van der Waals surface area contributed by atoms with Crippen molar-refractivity contribution in [2.45, 2.75) is 11.8 Å². The van der Waals surface area contributed by atoms with E-state index >= 15 is 0 Å². The molecule has 1 aromatic carbocycles. The molecule has 0 spiro atoms. The number of nitrogens with two attached hydrogens (primary N) is 1. The van der Waals surface area contributed by atoms with Crippen LogP contribution in [-0.2, 0) is 10.0 Å². The number of nitrogens with one attached hydrogen (secondary N) is 1. The second-order valence-corrected chi connectivity index (χ2v) is 8.50. The maximum absolute atomic E-state index is 12.9. The highest BCUT2D eigenvalue weighted by Crippen LogP contribution is 2.30. The van der Waals surface area contributed by atoms with Crippen molar-refractivity contribution in [1.82, 2.24) is 9.97 Å². The number of carbonyl (C=O) groups is 1. The molecule has 2 aromatic heterocycles. The van der Waals surface area contributed by atoms with E-state index in [1.165, 1.54) is 48.8 Å². The minimum absolute atomic E-state index is 0.0872. The minimum Gasteiger partial charge on any atom is -0.492 e. The van der Waals surface area contributed by atoms with Crippen LogP contribution in [0.1, 0.15) is 23.0 Å². The summed E-state index contributed by atoms with van der Waals surface area (Å²) < 4.78 is 33.5. The van der Waals surface area contributed by atoms with Crippen LogP contribution in [0.2, 0.25) is 10.0 Å². The zero-order valence-electron chi connectivity index (χ0n) is 15.6. The quantitative estimate of drug-likeness (QED) is 0.507. The Kier molecular flexibility index (Phi) is 6.45. The van der Waals surface area contributed by atoms with Crippen molar-refractivity contribution < 1.29 is 17.9 Å². The van der Waals surface area contributed by atoms with Crippen LogP contribution in [0.3, 0.4) is 0 Å². The number of anilines is 2. The summed E-state index contributed by atoms with van der Waals surface area (Å²) in [5.41, 5.74) is 5.59. The number of sulfonamides is 1. The average molecular weight is 467 g/mol. The van der Waals surface area contributed by atoms with Gasteiger partial charge in [0.15, 0.2) is 0 Å². The number of hydrogen-bond donors (Lipinski definition) is 2. The van der Waals surface area contributed by atoms with E-state index in [0.717, 1.165) is 0 Å². The lowest BCUT2D eigenvalue weighted by Gasteiger charge is -2.13. The van der Waals surface area contributed by atoms with Gasteiger partial charge in [-0.15, -0.1) is 0 Å². The molecule has 0 unspecified atom stereocenters. The molecule has 156 valence electrons. The van der Waals surface area contributed by atoms with E-state index in [0.29, 0.717) is 6.61 Å². The average Bonchev–Trinajstić information content (AvgIpc) is 2.69. The fourth-order valence-electron chi connectivity index (χ4n) is 2.54. The Balaban J connectivity index is 2.01. The number of benzene rings is 1. The van der Waals surface area contributed by atoms with Crippen molar-refractivity contribution in [3.63, 3.8) is 0 Å². The van der Waals surface area contributed by atoms with Crippen LogP contribution in [0.25, 0.3) is 0 Å². The molecule has 0 radical (unpaired) electrons. The van der Waals surface area contributed by atoms with Gasteiger partial charge < -0.3 is 10.5 Å². The zero-order valence-corrected chi connectivity index (χ0v) is 17.9. The van der Waals surface area contributed by atoms with E-state index in [9.17, 15) is 13.2 Å². The molecule has 0 bridgehead atoms. The molecule has 3 aromatic rings. The summed E-state index contributed by atoms with van der Waals surface area (Å²) in [6.45, 7) is 2.06. The first-order chi connectivity index (χ1) is 14.2. The van der Waals surface area contributed by atoms with Crippen LogP contribution in [0.15, 0.2) is 53.7 Å². The number of pyridine rings is 2. The first kappa shape index (κ1) is 21.8. The van der Waals surface area contributed by atoms with Crippen LogP contribution in [0.4, 0.5) is 11.5 Å². The van der Waals surface area contributed by atoms with Crippen molar-refractivity contribution in [1.29, 1.82) is 0 Å². The molecule has 8 nitrogen and oxygen atoms in total. The molecule has 0 amide bonds. The molecule has 0 aliphatic rings. The fraction of sp³-hybridized carbons (Fsp3) is 0.105. The smallest absolute Gasteiger partial charge is 0.262 e. The summed E-state index contributed by atoms with van der Waals surface area (Å²) in [5, 5.41) is 0.413. The van der Waals surface area contributed by atoms with Crippen molar-refractivity contribution in [3.05, 3.63) is 70.1 Å². The Morgan fingerprint density at radius 3 is 2.63 bits per heavy atom. The molecule has 30 heavy (non-hydrogen) atoms. The number of rotatable bonds is 7. The predicted octanol–water partition coefficient (Wildman–Crippen LogP) is 3.80. The van der Waals surface area contributed by atoms with E-state index < -0.39 is 15.8 Å². The first-order valence-electron chi connectivity index (χ1n) is 8.58. The van der Waals surface area contributed by atoms with Crippen LogP contribution in [0.5, 0.6) is 5.75 Å². The fourth-order valence-corrected chi connectivity index (χ4v) is 3.95. The summed E-state index contributed by atoms with van der Waals surface area (Å²) in [5.74, 6) is -0.194. The third-order valence-electron chi connectivity index (χ3n) is 3.87. The number of nitrogen functional groups attached to an aromatic ring is 1. The number of aromatic nitrogens is 2. The van der Waals surface area contributed by atoms with Crippen LogP contribution in [0, 0.1) is 0 Å². The summed E-state index contributed by atoms with van der Waals surface area (Å²) in [6, 6.07) is 8.12. The Labute approximate surface area is 183 Å². The molecule has 11 heteroatoms. The van der Waals surface area contributed by atoms with Gasteiger partial charge in [-0.25, -0.2) is 18.4 Å². The molecule has 3 N–H and O–H groups in total. The maximum atomic E-state index is 12.9. The molecule has 0 aliphatic heterocycles. The van der Waals surface area contributed by atoms with E-state index in [4.69, 9.17) is 33.7 Å². The van der Waals surface area contributed by atoms with Gasteiger partial charge in [-0.3, -0.25) is 9.52 Å². The summed E-state index contributed by atoms with van der Waals surface area (Å²) in [6.07, 6.45) is 2.61. The van der Waals surface area contributed by atoms with E-state index in [-0.39, 0.29) is 43.5 Å². The third-order valence-corrected chi connectivity index (χ3v) is 5.75. The molecule has 2 heterocycles. The van der Waals surface area contributed by atoms with Crippen molar-refractivity contribution in [2.75, 3.05) is 17.1 Å². The molecule has 0 atom stereocenters. The number of ether oxygens (including phenoxy) is 1. The number of halogens is 2. The SMILES string of the molecule is CCOc1cc(S(=O)(=O)Nc2cc(Cl)cnc2C(=O)c2ccnc(N)c2)ccc1Cl. The summed E-state index contributed by atoms with van der Waals surface area (Å²) in [4.78, 5) is 20.6. The Bertz CT molecular complexity index is 1220. The maximum Gasteiger partial charge on any atom is 0.262 e. The molecule has 0 saturated heterocycles. The van der Waals surface area contributed by atoms with E-state index in [1.807, 2.05) is 0 Å². The van der Waals surface area contributed by atoms with Gasteiger partial charge in [0.05, 0.1) is 27.2 Å². The topological polar surface area (TPSA) is 124 Å². The molecule has 0 aliphatic carbocycles. The number of ketones is 1. The molecule has 0 fully saturated rings. The lowest BCUT2D eigenvalue weighted by molar-refractivity contribution is 0.103. The zero-order chi connectivity index (χ0) is 21.9. The van der Waals surface area contributed by atoms with Gasteiger partial charge in [-0.1, -0.05) is 23.2 Å². The highest BCUT2D eigenvalue weighted by molar-refractivity contribution is 7.92. The highest BCUT2D eigenvalue weighted by atomic mass is 35.5. The third kappa shape index (κ3) is 4.81. The van der Waals surface area contributed by atoms with Gasteiger partial charge in [-0.2, -0.15) is 0 Å². The largest absolute Gasteiger partial charge is 0.492 e. The van der Waals surface area contributed by atoms with E-state index in [1.54, 1.807) is 6.92 Å². The molecule has 3 rings (SSSR count). The number of hydrogen-bond acceptors (Lipinski definition) is 7. The van der Waals surface area contributed by atoms with Gasteiger partial charge in [0.1, 0.15) is 17.3 Å². The van der Waals surface area contributed by atoms with Gasteiger partial charge in [0.25, 0.3) is 10.0 Å². The van der Waals surface area contributed by atoms with Gasteiger partial charge in [0.2, 0.25) is 5.78 Å². The van der Waals surface area contributed by atoms with E-state index in [2.05, 4.69) is 14.7 Å². The highest BCUT2D eigenvalue weighted by Gasteiger charge is 2.22. The molecular weight excluding hydrogens is 451 g/mol. The predicted molar refractivity (Wildman–Crippen MR) is 115 cm³/mol. The molecular formula is C19H16Cl2N4O4S. The second-order valence-electron chi connectivity index (χ2n) is 5.98. The Morgan fingerprint density at radius 1 is 1.17 bits per heavy atom. The van der Waals surface area contributed by atoms with Gasteiger partial charge in [0, 0.05) is 24.0 Å². The van der Waals surface area contributed by atoms with Gasteiger partial charge in [-0.05, 0) is 37.3 Å². The van der Waals surface area contributed by atoms with Crippen LogP contribution >= 0.6 is 23.2 Å². The van der Waals surface area contributed by atoms with Crippen LogP contribution < -0.4 is 15.2 Å². The normalized spacial score (nSPS) is 11.2. The standard InChI is InChI=1S/C19H16Cl2N4O4S/c1-2-29-16-9-13(3-4-14(16)21)30(27,28)25-15-8-12(20)10-24-18(15)19(26)11-5-6-23-17(22)7-11/h3-10,25H,2H2,1H3,(H2,22,23). The van der Waals surface area contributed by atoms with Crippen molar-refractivity contribution in [3.8, 4) is 5.75 Å². The Morgan fingerprint density at radius 2 is 1.93 bits per heavy atom. The monoisotopic (exact) mass is 466 g/mol. The first-order valence-corrected chi connectivity index (χ1v) is 10.8.